The second-order valence-electron chi connectivity index (χ2n) is 10.1. The van der Waals surface area contributed by atoms with E-state index in [0.717, 1.165) is 20.5 Å². The molecule has 3 heterocycles. The van der Waals surface area contributed by atoms with Gasteiger partial charge in [-0.2, -0.15) is 0 Å². The predicted molar refractivity (Wildman–Crippen MR) is 136 cm³/mol. The highest BCUT2D eigenvalue weighted by Gasteiger charge is 2.80. The number of likely N-dealkylation sites (tertiary alicyclic amines) is 1. The van der Waals surface area contributed by atoms with Crippen molar-refractivity contribution in [1.82, 2.24) is 9.80 Å². The first-order valence-corrected chi connectivity index (χ1v) is 13.4. The second-order valence-corrected chi connectivity index (χ2v) is 12.0. The molecule has 1 aromatic carbocycles. The van der Waals surface area contributed by atoms with Gasteiger partial charge in [0.2, 0.25) is 5.91 Å². The average Bonchev–Trinajstić information content (AvgIpc) is 3.41. The summed E-state index contributed by atoms with van der Waals surface area (Å²) in [4.78, 5) is 30.9. The van der Waals surface area contributed by atoms with Crippen LogP contribution < -0.4 is 4.74 Å². The van der Waals surface area contributed by atoms with Crippen LogP contribution in [0, 0.1) is 10.1 Å². The van der Waals surface area contributed by atoms with E-state index >= 15 is 0 Å². The second kappa shape index (κ2) is 7.78. The Morgan fingerprint density at radius 1 is 1.43 bits per heavy atom. The van der Waals surface area contributed by atoms with E-state index in [2.05, 4.69) is 20.8 Å². The van der Waals surface area contributed by atoms with Gasteiger partial charge >= 0.3 is 0 Å². The van der Waals surface area contributed by atoms with Crippen LogP contribution in [0.15, 0.2) is 34.1 Å². The first kappa shape index (κ1) is 23.0. The highest BCUT2D eigenvalue weighted by atomic mass is 79.9. The van der Waals surface area contributed by atoms with Gasteiger partial charge in [0.15, 0.2) is 11.5 Å². The van der Waals surface area contributed by atoms with Gasteiger partial charge in [-0.05, 0) is 72.6 Å². The number of piperidine rings is 1. The lowest BCUT2D eigenvalue weighted by atomic mass is 9.47. The minimum absolute atomic E-state index is 0.0121. The van der Waals surface area contributed by atoms with Gasteiger partial charge in [-0.1, -0.05) is 6.07 Å². The van der Waals surface area contributed by atoms with E-state index in [1.807, 2.05) is 24.6 Å². The number of amides is 1. The van der Waals surface area contributed by atoms with Crippen molar-refractivity contribution in [3.8, 4) is 11.5 Å². The number of nitro groups is 1. The molecule has 5 atom stereocenters. The van der Waals surface area contributed by atoms with Gasteiger partial charge in [0, 0.05) is 44.8 Å². The lowest BCUT2D eigenvalue weighted by Crippen LogP contribution is -2.80. The van der Waals surface area contributed by atoms with Crippen molar-refractivity contribution in [2.45, 2.75) is 54.8 Å². The first-order valence-electron chi connectivity index (χ1n) is 11.8. The van der Waals surface area contributed by atoms with Crippen LogP contribution in [0.25, 0.3) is 6.08 Å². The highest BCUT2D eigenvalue weighted by molar-refractivity contribution is 9.10. The molecule has 1 N–H and O–H groups in total. The first-order chi connectivity index (χ1) is 16.7. The number of hydrogen-bond donors (Lipinski definition) is 1. The summed E-state index contributed by atoms with van der Waals surface area (Å²) in [6, 6.07) is 4.85. The summed E-state index contributed by atoms with van der Waals surface area (Å²) in [6.07, 6.45) is 4.66. The Morgan fingerprint density at radius 3 is 2.94 bits per heavy atom. The zero-order valence-electron chi connectivity index (χ0n) is 19.4. The lowest BCUT2D eigenvalue weighted by molar-refractivity contribution is -0.605. The number of halogens is 1. The van der Waals surface area contributed by atoms with Crippen molar-refractivity contribution in [2.75, 3.05) is 20.6 Å². The van der Waals surface area contributed by atoms with E-state index in [1.54, 1.807) is 30.2 Å². The summed E-state index contributed by atoms with van der Waals surface area (Å²) in [5.74, 6) is 0.209. The summed E-state index contributed by atoms with van der Waals surface area (Å²) in [7, 11) is 3.72. The Labute approximate surface area is 215 Å². The van der Waals surface area contributed by atoms with Gasteiger partial charge < -0.3 is 14.7 Å². The Morgan fingerprint density at radius 2 is 2.23 bits per heavy atom. The van der Waals surface area contributed by atoms with E-state index in [4.69, 9.17) is 4.74 Å². The quantitative estimate of drug-likeness (QED) is 0.347. The molecule has 8 nitrogen and oxygen atoms in total. The van der Waals surface area contributed by atoms with Crippen LogP contribution in [0.4, 0.5) is 0 Å². The molecule has 2 aliphatic heterocycles. The molecule has 0 unspecified atom stereocenters. The molecule has 35 heavy (non-hydrogen) atoms. The molecule has 2 fully saturated rings. The molecular formula is C25H26BrN3O5S. The van der Waals surface area contributed by atoms with E-state index in [1.165, 1.54) is 11.3 Å². The molecule has 2 aliphatic carbocycles. The van der Waals surface area contributed by atoms with Crippen molar-refractivity contribution in [1.29, 1.82) is 0 Å². The number of benzene rings is 1. The Hall–Kier alpha value is -2.43. The van der Waals surface area contributed by atoms with E-state index in [-0.39, 0.29) is 28.7 Å². The third-order valence-corrected chi connectivity index (χ3v) is 10.5. The minimum Gasteiger partial charge on any atom is -0.504 e. The van der Waals surface area contributed by atoms with Gasteiger partial charge in [0.1, 0.15) is 11.5 Å². The number of likely N-dealkylation sites (N-methyl/N-ethyl adjacent to an activating group) is 2. The van der Waals surface area contributed by atoms with E-state index in [9.17, 15) is 20.0 Å². The van der Waals surface area contributed by atoms with Crippen LogP contribution in [0.1, 0.15) is 35.3 Å². The van der Waals surface area contributed by atoms with Crippen molar-refractivity contribution >= 4 is 39.2 Å². The maximum Gasteiger partial charge on any atom is 0.251 e. The SMILES string of the molecule is CN1CC[C@]23c4c5ccc(O)c4O[C@H]2[C@@H](N(C)C(=O)/C=C/c2cc(Br)cs2)CC[C@@]3([N+](=O)[O-])[C@H]1C5. The zero-order valence-corrected chi connectivity index (χ0v) is 21.8. The maximum atomic E-state index is 13.2. The summed E-state index contributed by atoms with van der Waals surface area (Å²) in [5, 5.41) is 25.7. The minimum atomic E-state index is -1.23. The van der Waals surface area contributed by atoms with Crippen molar-refractivity contribution < 1.29 is 19.6 Å². The van der Waals surface area contributed by atoms with Crippen LogP contribution in [0.3, 0.4) is 0 Å². The molecule has 2 aromatic rings. The molecule has 1 saturated carbocycles. The van der Waals surface area contributed by atoms with Gasteiger partial charge in [0.05, 0.1) is 12.1 Å². The number of carbonyl (C=O) groups is 1. The molecule has 1 amide bonds. The van der Waals surface area contributed by atoms with Crippen molar-refractivity contribution in [2.24, 2.45) is 0 Å². The van der Waals surface area contributed by atoms with Gasteiger partial charge in [-0.3, -0.25) is 19.8 Å². The summed E-state index contributed by atoms with van der Waals surface area (Å²) >= 11 is 4.96. The molecule has 10 heteroatoms. The van der Waals surface area contributed by atoms with E-state index < -0.39 is 17.1 Å². The van der Waals surface area contributed by atoms with Crippen LogP contribution in [0.2, 0.25) is 0 Å². The molecule has 6 rings (SSSR count). The summed E-state index contributed by atoms with van der Waals surface area (Å²) in [5.41, 5.74) is -0.314. The molecular weight excluding hydrogens is 534 g/mol. The number of carbonyl (C=O) groups excluding carboxylic acids is 1. The van der Waals surface area contributed by atoms with Crippen LogP contribution in [-0.4, -0.2) is 70.1 Å². The summed E-state index contributed by atoms with van der Waals surface area (Å²) < 4.78 is 7.44. The standard InChI is InChI=1S/C25H26BrN3O5S/c1-27-10-9-24-21-14-3-5-18(30)22(21)34-23(24)17(7-8-25(24,29(32)33)19(27)11-14)28(2)20(31)6-4-16-12-15(26)13-35-16/h3-6,12-13,17,19,23,30H,7-11H2,1-2H3/b6-4+/t17-,19+,23-,24-,25+/m0/s1. The molecule has 1 aromatic heterocycles. The number of phenols is 1. The number of ether oxygens (including phenoxy) is 1. The number of aromatic hydroxyl groups is 1. The summed E-state index contributed by atoms with van der Waals surface area (Å²) in [6.45, 7) is 0.701. The Kier molecular flexibility index (Phi) is 5.11. The van der Waals surface area contributed by atoms with Gasteiger partial charge in [-0.25, -0.2) is 0 Å². The molecule has 1 saturated heterocycles. The van der Waals surface area contributed by atoms with Crippen LogP contribution in [0.5, 0.6) is 11.5 Å². The molecule has 1 spiro atoms. The smallest absolute Gasteiger partial charge is 0.251 e. The number of rotatable bonds is 4. The molecule has 4 aliphatic rings. The van der Waals surface area contributed by atoms with Gasteiger partial charge in [0.25, 0.3) is 5.54 Å². The monoisotopic (exact) mass is 559 g/mol. The fraction of sp³-hybridized carbons (Fsp3) is 0.480. The average molecular weight is 560 g/mol. The number of phenolic OH excluding ortho intramolecular Hbond substituents is 1. The fourth-order valence-electron chi connectivity index (χ4n) is 7.35. The number of hydrogen-bond acceptors (Lipinski definition) is 7. The largest absolute Gasteiger partial charge is 0.504 e. The van der Waals surface area contributed by atoms with Crippen LogP contribution in [-0.2, 0) is 16.6 Å². The van der Waals surface area contributed by atoms with E-state index in [0.29, 0.717) is 38.0 Å². The molecule has 2 bridgehead atoms. The zero-order chi connectivity index (χ0) is 24.7. The third kappa shape index (κ3) is 2.90. The lowest BCUT2D eigenvalue weighted by Gasteiger charge is -2.61. The maximum absolute atomic E-state index is 13.2. The topological polar surface area (TPSA) is 96.2 Å². The number of nitrogens with zero attached hydrogens (tertiary/aromatic N) is 3. The third-order valence-electron chi connectivity index (χ3n) is 8.85. The Balaban J connectivity index is 1.44. The normalized spacial score (nSPS) is 32.8. The highest BCUT2D eigenvalue weighted by Crippen LogP contribution is 2.66. The van der Waals surface area contributed by atoms with Crippen molar-refractivity contribution in [3.63, 3.8) is 0 Å². The molecule has 0 radical (unpaired) electrons. The molecule has 184 valence electrons. The predicted octanol–water partition coefficient (Wildman–Crippen LogP) is 3.82. The Bertz CT molecular complexity index is 1280. The number of thiophene rings is 1. The fourth-order valence-corrected chi connectivity index (χ4v) is 8.69. The van der Waals surface area contributed by atoms with Gasteiger partial charge in [-0.15, -0.1) is 11.3 Å². The van der Waals surface area contributed by atoms with Crippen molar-refractivity contribution in [3.05, 3.63) is 60.2 Å². The van der Waals surface area contributed by atoms with Crippen LogP contribution >= 0.6 is 27.3 Å².